The topological polar surface area (TPSA) is 49.6 Å². The molecule has 0 saturated heterocycles. The van der Waals surface area contributed by atoms with Gasteiger partial charge in [0, 0.05) is 11.1 Å². The quantitative estimate of drug-likeness (QED) is 0.735. The lowest BCUT2D eigenvalue weighted by atomic mass is 10.0. The number of hydrogen-bond acceptors (Lipinski definition) is 3. The molecule has 0 radical (unpaired) electrons. The molecule has 1 aromatic carbocycles. The van der Waals surface area contributed by atoms with Gasteiger partial charge >= 0.3 is 0 Å². The van der Waals surface area contributed by atoms with Gasteiger partial charge in [-0.2, -0.15) is 10.4 Å². The number of nitrogens with zero attached hydrogens (tertiary/aromatic N) is 3. The Labute approximate surface area is 92.0 Å². The van der Waals surface area contributed by atoms with Crippen molar-refractivity contribution in [3.8, 4) is 17.2 Å². The third-order valence-corrected chi connectivity index (χ3v) is 2.17. The van der Waals surface area contributed by atoms with E-state index < -0.39 is 0 Å². The molecule has 0 N–H and O–H groups in total. The van der Waals surface area contributed by atoms with Crippen molar-refractivity contribution in [3.63, 3.8) is 0 Å². The van der Waals surface area contributed by atoms with Gasteiger partial charge in [-0.1, -0.05) is 29.8 Å². The number of halogens is 1. The first-order chi connectivity index (χ1) is 7.31. The monoisotopic (exact) mass is 215 g/mol. The average molecular weight is 216 g/mol. The van der Waals surface area contributed by atoms with Crippen LogP contribution in [0.5, 0.6) is 0 Å². The highest BCUT2D eigenvalue weighted by atomic mass is 35.5. The predicted octanol–water partition coefficient (Wildman–Crippen LogP) is 2.67. The summed E-state index contributed by atoms with van der Waals surface area (Å²) in [6.07, 6.45) is 1.59. The van der Waals surface area contributed by atoms with E-state index in [2.05, 4.69) is 16.3 Å². The summed E-state index contributed by atoms with van der Waals surface area (Å²) < 4.78 is 0. The van der Waals surface area contributed by atoms with Crippen molar-refractivity contribution in [1.29, 1.82) is 5.26 Å². The number of rotatable bonds is 1. The van der Waals surface area contributed by atoms with E-state index in [9.17, 15) is 0 Å². The van der Waals surface area contributed by atoms with Gasteiger partial charge in [0.15, 0.2) is 5.15 Å². The molecule has 0 amide bonds. The third kappa shape index (κ3) is 1.95. The highest BCUT2D eigenvalue weighted by Gasteiger charge is 2.04. The maximum Gasteiger partial charge on any atom is 0.152 e. The van der Waals surface area contributed by atoms with Gasteiger partial charge < -0.3 is 0 Å². The van der Waals surface area contributed by atoms with Crippen molar-refractivity contribution < 1.29 is 0 Å². The second-order valence-electron chi connectivity index (χ2n) is 2.92. The molecule has 1 aromatic heterocycles. The van der Waals surface area contributed by atoms with E-state index in [1.54, 1.807) is 18.3 Å². The Balaban J connectivity index is 2.60. The maximum absolute atomic E-state index is 8.93. The lowest BCUT2D eigenvalue weighted by Gasteiger charge is -2.02. The second-order valence-corrected chi connectivity index (χ2v) is 3.31. The fourth-order valence-electron chi connectivity index (χ4n) is 1.32. The molecule has 0 aliphatic heterocycles. The van der Waals surface area contributed by atoms with Crippen molar-refractivity contribution in [2.24, 2.45) is 0 Å². The van der Waals surface area contributed by atoms with Crippen molar-refractivity contribution in [1.82, 2.24) is 10.2 Å². The second kappa shape index (κ2) is 4.07. The molecule has 1 heterocycles. The molecule has 72 valence electrons. The van der Waals surface area contributed by atoms with E-state index in [4.69, 9.17) is 16.9 Å². The van der Waals surface area contributed by atoms with Crippen LogP contribution in [0.15, 0.2) is 36.5 Å². The van der Waals surface area contributed by atoms with Gasteiger partial charge in [0.1, 0.15) is 0 Å². The normalized spacial score (nSPS) is 9.60. The highest BCUT2D eigenvalue weighted by Crippen LogP contribution is 2.23. The van der Waals surface area contributed by atoms with Crippen LogP contribution in [0.2, 0.25) is 5.15 Å². The number of benzene rings is 1. The zero-order valence-corrected chi connectivity index (χ0v) is 8.44. The zero-order chi connectivity index (χ0) is 10.7. The summed E-state index contributed by atoms with van der Waals surface area (Å²) in [4.78, 5) is 0. The highest BCUT2D eigenvalue weighted by molar-refractivity contribution is 6.29. The summed E-state index contributed by atoms with van der Waals surface area (Å²) in [5, 5.41) is 16.6. The van der Waals surface area contributed by atoms with Crippen LogP contribution in [0.1, 0.15) is 5.56 Å². The molecule has 4 heteroatoms. The Bertz CT molecular complexity index is 531. The summed E-state index contributed by atoms with van der Waals surface area (Å²) in [6.45, 7) is 0. The van der Waals surface area contributed by atoms with Gasteiger partial charge in [-0.3, -0.25) is 0 Å². The smallest absolute Gasteiger partial charge is 0.152 e. The standard InChI is InChI=1S/C11H6ClN3/c12-11-5-9(7-14-15-11)10-4-2-1-3-8(10)6-13/h1-5,7H. The van der Waals surface area contributed by atoms with E-state index in [-0.39, 0.29) is 0 Å². The van der Waals surface area contributed by atoms with Crippen LogP contribution in [0, 0.1) is 11.3 Å². The van der Waals surface area contributed by atoms with Gasteiger partial charge in [-0.15, -0.1) is 5.10 Å². The summed E-state index contributed by atoms with van der Waals surface area (Å²) >= 11 is 5.73. The summed E-state index contributed by atoms with van der Waals surface area (Å²) in [6, 6.07) is 11.1. The molecule has 0 spiro atoms. The van der Waals surface area contributed by atoms with Gasteiger partial charge in [-0.25, -0.2) is 0 Å². The Morgan fingerprint density at radius 1 is 1.27 bits per heavy atom. The van der Waals surface area contributed by atoms with Crippen LogP contribution in [0.3, 0.4) is 0 Å². The number of aromatic nitrogens is 2. The number of nitriles is 1. The fourth-order valence-corrected chi connectivity index (χ4v) is 1.48. The van der Waals surface area contributed by atoms with E-state index >= 15 is 0 Å². The Hall–Kier alpha value is -1.92. The van der Waals surface area contributed by atoms with Crippen LogP contribution in [0.4, 0.5) is 0 Å². The molecule has 0 fully saturated rings. The summed E-state index contributed by atoms with van der Waals surface area (Å²) in [5.41, 5.74) is 2.21. The van der Waals surface area contributed by atoms with Crippen molar-refractivity contribution in [2.45, 2.75) is 0 Å². The van der Waals surface area contributed by atoms with Crippen LogP contribution < -0.4 is 0 Å². The van der Waals surface area contributed by atoms with Crippen LogP contribution in [0.25, 0.3) is 11.1 Å². The van der Waals surface area contributed by atoms with Crippen LogP contribution >= 0.6 is 11.6 Å². The number of hydrogen-bond donors (Lipinski definition) is 0. The maximum atomic E-state index is 8.93. The molecule has 0 atom stereocenters. The van der Waals surface area contributed by atoms with E-state index in [0.29, 0.717) is 10.7 Å². The summed E-state index contributed by atoms with van der Waals surface area (Å²) in [5.74, 6) is 0. The Morgan fingerprint density at radius 3 is 2.80 bits per heavy atom. The Kier molecular flexibility index (Phi) is 2.61. The molecule has 3 nitrogen and oxygen atoms in total. The van der Waals surface area contributed by atoms with Crippen LogP contribution in [-0.4, -0.2) is 10.2 Å². The van der Waals surface area contributed by atoms with Gasteiger partial charge in [0.05, 0.1) is 17.8 Å². The largest absolute Gasteiger partial charge is 0.192 e. The van der Waals surface area contributed by atoms with Crippen LogP contribution in [-0.2, 0) is 0 Å². The molecule has 0 aliphatic rings. The minimum atomic E-state index is 0.320. The molecular weight excluding hydrogens is 210 g/mol. The zero-order valence-electron chi connectivity index (χ0n) is 7.68. The van der Waals surface area contributed by atoms with Gasteiger partial charge in [0.25, 0.3) is 0 Å². The minimum absolute atomic E-state index is 0.320. The van der Waals surface area contributed by atoms with Crippen molar-refractivity contribution in [2.75, 3.05) is 0 Å². The fraction of sp³-hybridized carbons (Fsp3) is 0. The SMILES string of the molecule is N#Cc1ccccc1-c1cnnc(Cl)c1. The average Bonchev–Trinajstić information content (AvgIpc) is 2.29. The van der Waals surface area contributed by atoms with Gasteiger partial charge in [-0.05, 0) is 12.1 Å². The molecule has 2 rings (SSSR count). The van der Waals surface area contributed by atoms with Crippen molar-refractivity contribution >= 4 is 11.6 Å². The molecule has 0 saturated carbocycles. The first-order valence-corrected chi connectivity index (χ1v) is 4.67. The molecule has 0 bridgehead atoms. The van der Waals surface area contributed by atoms with Gasteiger partial charge in [0.2, 0.25) is 0 Å². The first kappa shape index (κ1) is 9.63. The Morgan fingerprint density at radius 2 is 2.07 bits per heavy atom. The van der Waals surface area contributed by atoms with E-state index in [0.717, 1.165) is 11.1 Å². The molecule has 0 aliphatic carbocycles. The predicted molar refractivity (Wildman–Crippen MR) is 57.2 cm³/mol. The van der Waals surface area contributed by atoms with E-state index in [1.807, 2.05) is 18.2 Å². The lowest BCUT2D eigenvalue weighted by Crippen LogP contribution is -1.87. The first-order valence-electron chi connectivity index (χ1n) is 4.29. The molecule has 15 heavy (non-hydrogen) atoms. The molecular formula is C11H6ClN3. The lowest BCUT2D eigenvalue weighted by molar-refractivity contribution is 1.03. The molecule has 2 aromatic rings. The summed E-state index contributed by atoms with van der Waals surface area (Å²) in [7, 11) is 0. The van der Waals surface area contributed by atoms with Crippen molar-refractivity contribution in [3.05, 3.63) is 47.2 Å². The van der Waals surface area contributed by atoms with E-state index in [1.165, 1.54) is 0 Å². The molecule has 0 unspecified atom stereocenters. The minimum Gasteiger partial charge on any atom is -0.192 e. The third-order valence-electron chi connectivity index (χ3n) is 1.98.